The molecule has 1 fully saturated rings. The monoisotopic (exact) mass is 222 g/mol. The van der Waals surface area contributed by atoms with E-state index in [1.54, 1.807) is 0 Å². The lowest BCUT2D eigenvalue weighted by molar-refractivity contribution is -0.143. The standard InChI is InChI=1S/C14H22O2/c1-3-14(15)16-8-7-11-9-10(2)12-5-4-6-13(11)12/h4-5,10-13H,3,6-9H2,1-2H3. The van der Waals surface area contributed by atoms with Crippen molar-refractivity contribution in [3.05, 3.63) is 12.2 Å². The van der Waals surface area contributed by atoms with Crippen LogP contribution in [0.25, 0.3) is 0 Å². The van der Waals surface area contributed by atoms with Crippen LogP contribution in [0, 0.1) is 23.7 Å². The summed E-state index contributed by atoms with van der Waals surface area (Å²) in [6, 6.07) is 0. The smallest absolute Gasteiger partial charge is 0.305 e. The minimum atomic E-state index is -0.0628. The van der Waals surface area contributed by atoms with Crippen molar-refractivity contribution in [2.45, 2.75) is 39.5 Å². The van der Waals surface area contributed by atoms with Crippen LogP contribution in [-0.2, 0) is 9.53 Å². The Balaban J connectivity index is 1.77. The summed E-state index contributed by atoms with van der Waals surface area (Å²) in [7, 11) is 0. The Bertz CT molecular complexity index is 282. The lowest BCUT2D eigenvalue weighted by Gasteiger charge is -2.18. The Morgan fingerprint density at radius 3 is 3.06 bits per heavy atom. The van der Waals surface area contributed by atoms with Crippen molar-refractivity contribution in [1.29, 1.82) is 0 Å². The van der Waals surface area contributed by atoms with Gasteiger partial charge in [0, 0.05) is 6.42 Å². The molecule has 2 aliphatic carbocycles. The van der Waals surface area contributed by atoms with Crippen LogP contribution in [-0.4, -0.2) is 12.6 Å². The largest absolute Gasteiger partial charge is 0.466 e. The van der Waals surface area contributed by atoms with E-state index in [1.807, 2.05) is 6.92 Å². The quantitative estimate of drug-likeness (QED) is 0.539. The van der Waals surface area contributed by atoms with Crippen molar-refractivity contribution < 1.29 is 9.53 Å². The molecule has 0 amide bonds. The summed E-state index contributed by atoms with van der Waals surface area (Å²) < 4.78 is 5.18. The average molecular weight is 222 g/mol. The zero-order valence-electron chi connectivity index (χ0n) is 10.3. The topological polar surface area (TPSA) is 26.3 Å². The number of rotatable bonds is 4. The van der Waals surface area contributed by atoms with Gasteiger partial charge in [0.15, 0.2) is 0 Å². The molecule has 0 radical (unpaired) electrons. The van der Waals surface area contributed by atoms with Gasteiger partial charge in [0.1, 0.15) is 0 Å². The third-order valence-electron chi connectivity index (χ3n) is 4.24. The van der Waals surface area contributed by atoms with E-state index >= 15 is 0 Å². The number of fused-ring (bicyclic) bond motifs is 1. The highest BCUT2D eigenvalue weighted by atomic mass is 16.5. The van der Waals surface area contributed by atoms with Crippen LogP contribution in [0.5, 0.6) is 0 Å². The molecule has 2 aliphatic rings. The first kappa shape index (κ1) is 11.7. The minimum absolute atomic E-state index is 0.0628. The van der Waals surface area contributed by atoms with Crippen molar-refractivity contribution in [3.8, 4) is 0 Å². The van der Waals surface area contributed by atoms with Crippen LogP contribution < -0.4 is 0 Å². The maximum absolute atomic E-state index is 11.0. The fraction of sp³-hybridized carbons (Fsp3) is 0.786. The van der Waals surface area contributed by atoms with Gasteiger partial charge in [0.25, 0.3) is 0 Å². The third kappa shape index (κ3) is 2.31. The molecule has 0 aromatic carbocycles. The average Bonchev–Trinajstić information content (AvgIpc) is 2.84. The molecule has 2 nitrogen and oxygen atoms in total. The van der Waals surface area contributed by atoms with E-state index in [1.165, 1.54) is 12.8 Å². The Labute approximate surface area is 98.1 Å². The molecule has 16 heavy (non-hydrogen) atoms. The molecule has 0 spiro atoms. The van der Waals surface area contributed by atoms with Gasteiger partial charge in [-0.25, -0.2) is 0 Å². The van der Waals surface area contributed by atoms with Gasteiger partial charge in [0.05, 0.1) is 6.61 Å². The number of allylic oxidation sites excluding steroid dienone is 2. The van der Waals surface area contributed by atoms with Crippen LogP contribution in [0.1, 0.15) is 39.5 Å². The Hall–Kier alpha value is -0.790. The molecule has 2 rings (SSSR count). The van der Waals surface area contributed by atoms with Crippen molar-refractivity contribution in [2.24, 2.45) is 23.7 Å². The van der Waals surface area contributed by atoms with Gasteiger partial charge >= 0.3 is 5.97 Å². The molecule has 0 aromatic heterocycles. The molecular weight excluding hydrogens is 200 g/mol. The van der Waals surface area contributed by atoms with Crippen LogP contribution >= 0.6 is 0 Å². The van der Waals surface area contributed by atoms with Crippen molar-refractivity contribution in [2.75, 3.05) is 6.61 Å². The van der Waals surface area contributed by atoms with Gasteiger partial charge in [0.2, 0.25) is 0 Å². The van der Waals surface area contributed by atoms with Gasteiger partial charge in [-0.15, -0.1) is 0 Å². The molecule has 2 heteroatoms. The highest BCUT2D eigenvalue weighted by molar-refractivity contribution is 5.68. The van der Waals surface area contributed by atoms with Gasteiger partial charge < -0.3 is 4.74 Å². The molecule has 0 bridgehead atoms. The fourth-order valence-electron chi connectivity index (χ4n) is 3.38. The number of carbonyl (C=O) groups is 1. The van der Waals surface area contributed by atoms with Crippen LogP contribution in [0.3, 0.4) is 0 Å². The first-order valence-corrected chi connectivity index (χ1v) is 6.54. The summed E-state index contributed by atoms with van der Waals surface area (Å²) in [5, 5.41) is 0. The lowest BCUT2D eigenvalue weighted by atomic mass is 9.88. The third-order valence-corrected chi connectivity index (χ3v) is 4.24. The maximum Gasteiger partial charge on any atom is 0.305 e. The molecular formula is C14H22O2. The van der Waals surface area contributed by atoms with E-state index in [9.17, 15) is 4.79 Å². The number of ether oxygens (including phenoxy) is 1. The van der Waals surface area contributed by atoms with Crippen LogP contribution in [0.15, 0.2) is 12.2 Å². The molecule has 90 valence electrons. The molecule has 0 saturated heterocycles. The fourth-order valence-corrected chi connectivity index (χ4v) is 3.38. The SMILES string of the molecule is CCC(=O)OCCC1CC(C)C2C=CCC12. The van der Waals surface area contributed by atoms with E-state index in [-0.39, 0.29) is 5.97 Å². The van der Waals surface area contributed by atoms with Crippen molar-refractivity contribution >= 4 is 5.97 Å². The number of hydrogen-bond acceptors (Lipinski definition) is 2. The van der Waals surface area contributed by atoms with Crippen molar-refractivity contribution in [3.63, 3.8) is 0 Å². The first-order valence-electron chi connectivity index (χ1n) is 6.54. The zero-order chi connectivity index (χ0) is 11.5. The first-order chi connectivity index (χ1) is 7.72. The molecule has 0 aliphatic heterocycles. The lowest BCUT2D eigenvalue weighted by Crippen LogP contribution is -2.14. The molecule has 1 saturated carbocycles. The summed E-state index contributed by atoms with van der Waals surface area (Å²) in [5.74, 6) is 3.14. The van der Waals surface area contributed by atoms with Crippen LogP contribution in [0.2, 0.25) is 0 Å². The van der Waals surface area contributed by atoms with Gasteiger partial charge in [-0.2, -0.15) is 0 Å². The van der Waals surface area contributed by atoms with Gasteiger partial charge in [-0.1, -0.05) is 26.0 Å². The molecule has 4 unspecified atom stereocenters. The molecule has 0 N–H and O–H groups in total. The maximum atomic E-state index is 11.0. The number of carbonyl (C=O) groups excluding carboxylic acids is 1. The molecule has 4 atom stereocenters. The number of esters is 1. The summed E-state index contributed by atoms with van der Waals surface area (Å²) in [6.07, 6.45) is 8.82. The van der Waals surface area contributed by atoms with Gasteiger partial charge in [-0.3, -0.25) is 4.79 Å². The zero-order valence-corrected chi connectivity index (χ0v) is 10.3. The van der Waals surface area contributed by atoms with E-state index in [0.29, 0.717) is 13.0 Å². The molecule has 0 heterocycles. The Morgan fingerprint density at radius 1 is 1.50 bits per heavy atom. The summed E-state index contributed by atoms with van der Waals surface area (Å²) in [4.78, 5) is 11.0. The minimum Gasteiger partial charge on any atom is -0.466 e. The summed E-state index contributed by atoms with van der Waals surface area (Å²) >= 11 is 0. The van der Waals surface area contributed by atoms with E-state index in [4.69, 9.17) is 4.74 Å². The second-order valence-corrected chi connectivity index (χ2v) is 5.24. The summed E-state index contributed by atoms with van der Waals surface area (Å²) in [6.45, 7) is 4.82. The predicted octanol–water partition coefficient (Wildman–Crippen LogP) is 3.18. The van der Waals surface area contributed by atoms with E-state index in [0.717, 1.165) is 30.1 Å². The van der Waals surface area contributed by atoms with Gasteiger partial charge in [-0.05, 0) is 42.9 Å². The normalized spacial score (nSPS) is 36.4. The Kier molecular flexibility index (Phi) is 3.67. The Morgan fingerprint density at radius 2 is 2.31 bits per heavy atom. The summed E-state index contributed by atoms with van der Waals surface area (Å²) in [5.41, 5.74) is 0. The molecule has 0 aromatic rings. The number of hydrogen-bond donors (Lipinski definition) is 0. The van der Waals surface area contributed by atoms with Crippen molar-refractivity contribution in [1.82, 2.24) is 0 Å². The highest BCUT2D eigenvalue weighted by Gasteiger charge is 2.40. The highest BCUT2D eigenvalue weighted by Crippen LogP contribution is 2.48. The van der Waals surface area contributed by atoms with E-state index in [2.05, 4.69) is 19.1 Å². The van der Waals surface area contributed by atoms with E-state index < -0.39 is 0 Å². The van der Waals surface area contributed by atoms with Crippen LogP contribution in [0.4, 0.5) is 0 Å². The second-order valence-electron chi connectivity index (χ2n) is 5.24. The second kappa shape index (κ2) is 5.03. The predicted molar refractivity (Wildman–Crippen MR) is 63.9 cm³/mol.